The Morgan fingerprint density at radius 2 is 1.19 bits per heavy atom. The molecule has 1 heterocycles. The topological polar surface area (TPSA) is 71.1 Å². The lowest BCUT2D eigenvalue weighted by molar-refractivity contribution is -0.137. The number of anilines is 2. The fourth-order valence-corrected chi connectivity index (χ4v) is 4.49. The quantitative estimate of drug-likeness (QED) is 0.217. The van der Waals surface area contributed by atoms with Crippen molar-refractivity contribution in [1.29, 1.82) is 0 Å². The maximum atomic E-state index is 13.2. The van der Waals surface area contributed by atoms with Crippen molar-refractivity contribution in [2.45, 2.75) is 20.0 Å². The molecule has 210 valence electrons. The average molecular weight is 566 g/mol. The largest absolute Gasteiger partial charge is 0.416 e. The van der Waals surface area contributed by atoms with Crippen LogP contribution in [0.4, 0.5) is 24.5 Å². The van der Waals surface area contributed by atoms with Gasteiger partial charge in [0.05, 0.1) is 28.7 Å². The molecule has 2 N–H and O–H groups in total. The van der Waals surface area contributed by atoms with Crippen LogP contribution < -0.4 is 10.6 Å². The highest BCUT2D eigenvalue weighted by Gasteiger charge is 2.30. The second-order valence-electron chi connectivity index (χ2n) is 9.83. The number of nitrogens with one attached hydrogen (secondary N) is 2. The van der Waals surface area contributed by atoms with Crippen molar-refractivity contribution >= 4 is 23.2 Å². The van der Waals surface area contributed by atoms with E-state index in [1.807, 2.05) is 55.5 Å². The molecule has 5 aromatic rings. The van der Waals surface area contributed by atoms with Crippen molar-refractivity contribution < 1.29 is 22.8 Å². The van der Waals surface area contributed by atoms with Crippen LogP contribution in [-0.4, -0.2) is 16.8 Å². The van der Waals surface area contributed by atoms with Crippen LogP contribution in [0.3, 0.4) is 0 Å². The molecular formula is C34H26F3N3O2. The van der Waals surface area contributed by atoms with Crippen LogP contribution in [0.2, 0.25) is 0 Å². The molecule has 0 fully saturated rings. The SMILES string of the molecule is Cc1ccc(-c2ccc(NC(=O)c3cc(NC(=O)c4ccccc4-c4ccc(C(F)(F)F)cc4)cnc3C)cc2)cc1. The first-order chi connectivity index (χ1) is 20.1. The van der Waals surface area contributed by atoms with Gasteiger partial charge in [0, 0.05) is 11.3 Å². The number of carbonyl (C=O) groups is 2. The smallest absolute Gasteiger partial charge is 0.322 e. The lowest BCUT2D eigenvalue weighted by atomic mass is 9.98. The van der Waals surface area contributed by atoms with Crippen LogP contribution in [-0.2, 0) is 6.18 Å². The van der Waals surface area contributed by atoms with E-state index in [1.165, 1.54) is 30.0 Å². The van der Waals surface area contributed by atoms with Gasteiger partial charge in [-0.15, -0.1) is 0 Å². The Balaban J connectivity index is 1.32. The highest BCUT2D eigenvalue weighted by molar-refractivity contribution is 6.10. The van der Waals surface area contributed by atoms with Crippen molar-refractivity contribution in [3.63, 3.8) is 0 Å². The van der Waals surface area contributed by atoms with Crippen LogP contribution in [0.15, 0.2) is 109 Å². The van der Waals surface area contributed by atoms with Gasteiger partial charge < -0.3 is 10.6 Å². The average Bonchev–Trinajstić information content (AvgIpc) is 2.98. The van der Waals surface area contributed by atoms with E-state index in [0.29, 0.717) is 28.2 Å². The number of benzene rings is 4. The van der Waals surface area contributed by atoms with Gasteiger partial charge in [0.1, 0.15) is 0 Å². The predicted octanol–water partition coefficient (Wildman–Crippen LogP) is 8.56. The van der Waals surface area contributed by atoms with Gasteiger partial charge in [-0.05, 0) is 72.5 Å². The third-order valence-electron chi connectivity index (χ3n) is 6.81. The Kier molecular flexibility index (Phi) is 7.88. The summed E-state index contributed by atoms with van der Waals surface area (Å²) in [5.41, 5.74) is 5.35. The Hall–Kier alpha value is -5.24. The first kappa shape index (κ1) is 28.3. The summed E-state index contributed by atoms with van der Waals surface area (Å²) in [4.78, 5) is 30.6. The number of aryl methyl sites for hydroxylation is 2. The molecule has 0 saturated heterocycles. The fourth-order valence-electron chi connectivity index (χ4n) is 4.49. The molecule has 0 spiro atoms. The molecule has 0 aliphatic carbocycles. The van der Waals surface area contributed by atoms with E-state index in [1.54, 1.807) is 31.2 Å². The zero-order chi connectivity index (χ0) is 29.9. The van der Waals surface area contributed by atoms with E-state index < -0.39 is 17.6 Å². The molecule has 5 rings (SSSR count). The zero-order valence-corrected chi connectivity index (χ0v) is 22.8. The lowest BCUT2D eigenvalue weighted by Gasteiger charge is -2.13. The number of alkyl halides is 3. The van der Waals surface area contributed by atoms with Crippen LogP contribution in [0, 0.1) is 13.8 Å². The van der Waals surface area contributed by atoms with Gasteiger partial charge in [0.2, 0.25) is 0 Å². The third-order valence-corrected chi connectivity index (χ3v) is 6.81. The Morgan fingerprint density at radius 3 is 1.83 bits per heavy atom. The molecule has 0 radical (unpaired) electrons. The number of hydrogen-bond acceptors (Lipinski definition) is 3. The molecule has 8 heteroatoms. The summed E-state index contributed by atoms with van der Waals surface area (Å²) in [6, 6.07) is 28.4. The third kappa shape index (κ3) is 6.39. The summed E-state index contributed by atoms with van der Waals surface area (Å²) in [6.45, 7) is 3.73. The minimum absolute atomic E-state index is 0.262. The highest BCUT2D eigenvalue weighted by atomic mass is 19.4. The standard InChI is InChI=1S/C34H26F3N3O2/c1-21-7-9-23(10-8-21)24-13-17-27(18-14-24)39-33(42)31-19-28(20-38-22(31)2)40-32(41)30-6-4-3-5-29(30)25-11-15-26(16-12-25)34(35,36)37/h3-20H,1-2H3,(H,39,42)(H,40,41). The van der Waals surface area contributed by atoms with Crippen LogP contribution in [0.25, 0.3) is 22.3 Å². The van der Waals surface area contributed by atoms with Crippen molar-refractivity contribution in [1.82, 2.24) is 4.98 Å². The van der Waals surface area contributed by atoms with Crippen molar-refractivity contribution in [2.24, 2.45) is 0 Å². The second-order valence-corrected chi connectivity index (χ2v) is 9.83. The molecule has 0 aliphatic heterocycles. The predicted molar refractivity (Wildman–Crippen MR) is 158 cm³/mol. The number of hydrogen-bond donors (Lipinski definition) is 2. The van der Waals surface area contributed by atoms with Gasteiger partial charge in [0.15, 0.2) is 0 Å². The number of carbonyl (C=O) groups excluding carboxylic acids is 2. The normalized spacial score (nSPS) is 11.2. The van der Waals surface area contributed by atoms with Gasteiger partial charge in [-0.1, -0.05) is 72.3 Å². The molecule has 42 heavy (non-hydrogen) atoms. The molecule has 0 unspecified atom stereocenters. The number of halogens is 3. The number of nitrogens with zero attached hydrogens (tertiary/aromatic N) is 1. The van der Waals surface area contributed by atoms with Crippen LogP contribution in [0.1, 0.15) is 37.5 Å². The van der Waals surface area contributed by atoms with Crippen LogP contribution >= 0.6 is 0 Å². The van der Waals surface area contributed by atoms with Gasteiger partial charge >= 0.3 is 6.18 Å². The monoisotopic (exact) mass is 565 g/mol. The Labute approximate surface area is 241 Å². The highest BCUT2D eigenvalue weighted by Crippen LogP contribution is 2.32. The van der Waals surface area contributed by atoms with Crippen molar-refractivity contribution in [3.8, 4) is 22.3 Å². The summed E-state index contributed by atoms with van der Waals surface area (Å²) in [6.07, 6.45) is -3.01. The van der Waals surface area contributed by atoms with Crippen molar-refractivity contribution in [3.05, 3.63) is 137 Å². The summed E-state index contributed by atoms with van der Waals surface area (Å²) >= 11 is 0. The molecule has 1 aromatic heterocycles. The number of amides is 2. The maximum absolute atomic E-state index is 13.2. The van der Waals surface area contributed by atoms with E-state index in [4.69, 9.17) is 0 Å². The second kappa shape index (κ2) is 11.7. The fraction of sp³-hybridized carbons (Fsp3) is 0.0882. The van der Waals surface area contributed by atoms with Gasteiger partial charge in [-0.3, -0.25) is 14.6 Å². The molecule has 4 aromatic carbocycles. The molecule has 0 bridgehead atoms. The summed E-state index contributed by atoms with van der Waals surface area (Å²) in [7, 11) is 0. The molecular weight excluding hydrogens is 539 g/mol. The minimum atomic E-state index is -4.46. The Bertz CT molecular complexity index is 1750. The molecule has 0 saturated carbocycles. The van der Waals surface area contributed by atoms with E-state index in [2.05, 4.69) is 15.6 Å². The molecule has 2 amide bonds. The summed E-state index contributed by atoms with van der Waals surface area (Å²) in [5.74, 6) is -0.876. The molecule has 0 atom stereocenters. The lowest BCUT2D eigenvalue weighted by Crippen LogP contribution is -2.17. The van der Waals surface area contributed by atoms with Gasteiger partial charge in [0.25, 0.3) is 11.8 Å². The number of pyridine rings is 1. The van der Waals surface area contributed by atoms with E-state index >= 15 is 0 Å². The zero-order valence-electron chi connectivity index (χ0n) is 22.8. The first-order valence-electron chi connectivity index (χ1n) is 13.1. The first-order valence-corrected chi connectivity index (χ1v) is 13.1. The van der Waals surface area contributed by atoms with Gasteiger partial charge in [-0.25, -0.2) is 0 Å². The maximum Gasteiger partial charge on any atom is 0.416 e. The molecule has 5 nitrogen and oxygen atoms in total. The minimum Gasteiger partial charge on any atom is -0.322 e. The Morgan fingerprint density at radius 1 is 0.643 bits per heavy atom. The van der Waals surface area contributed by atoms with E-state index in [0.717, 1.165) is 23.3 Å². The number of aromatic nitrogens is 1. The number of rotatable bonds is 6. The van der Waals surface area contributed by atoms with Gasteiger partial charge in [-0.2, -0.15) is 13.2 Å². The molecule has 0 aliphatic rings. The van der Waals surface area contributed by atoms with E-state index in [-0.39, 0.29) is 17.0 Å². The van der Waals surface area contributed by atoms with E-state index in [9.17, 15) is 22.8 Å². The summed E-state index contributed by atoms with van der Waals surface area (Å²) in [5, 5.41) is 5.63. The van der Waals surface area contributed by atoms with Crippen molar-refractivity contribution in [2.75, 3.05) is 10.6 Å². The summed E-state index contributed by atoms with van der Waals surface area (Å²) < 4.78 is 39.0. The van der Waals surface area contributed by atoms with Crippen LogP contribution in [0.5, 0.6) is 0 Å².